The lowest BCUT2D eigenvalue weighted by molar-refractivity contribution is -0.143. The molecule has 0 unspecified atom stereocenters. The van der Waals surface area contributed by atoms with Crippen molar-refractivity contribution in [2.45, 2.75) is 12.8 Å². The number of hydrogen-bond acceptors (Lipinski definition) is 4. The topological polar surface area (TPSA) is 55.8 Å². The first-order chi connectivity index (χ1) is 6.61. The molecular formula is C9H17NO4. The SMILES string of the molecule is COCCN(C)C(=O)CCC(=O)OC. The third-order valence-corrected chi connectivity index (χ3v) is 1.83. The van der Waals surface area contributed by atoms with Crippen LogP contribution >= 0.6 is 0 Å². The minimum absolute atomic E-state index is 0.0764. The molecule has 5 nitrogen and oxygen atoms in total. The van der Waals surface area contributed by atoms with Crippen LogP contribution in [0.2, 0.25) is 0 Å². The Morgan fingerprint density at radius 2 is 1.86 bits per heavy atom. The van der Waals surface area contributed by atoms with E-state index in [2.05, 4.69) is 4.74 Å². The highest BCUT2D eigenvalue weighted by atomic mass is 16.5. The first-order valence-corrected chi connectivity index (χ1v) is 4.41. The van der Waals surface area contributed by atoms with E-state index in [-0.39, 0.29) is 24.7 Å². The number of rotatable bonds is 6. The van der Waals surface area contributed by atoms with Crippen LogP contribution in [-0.2, 0) is 19.1 Å². The molecule has 14 heavy (non-hydrogen) atoms. The molecule has 0 spiro atoms. The molecule has 0 radical (unpaired) electrons. The highest BCUT2D eigenvalue weighted by molar-refractivity contribution is 5.81. The molecule has 0 saturated heterocycles. The van der Waals surface area contributed by atoms with Crippen LogP contribution in [0.3, 0.4) is 0 Å². The molecule has 0 N–H and O–H groups in total. The van der Waals surface area contributed by atoms with Crippen molar-refractivity contribution in [1.29, 1.82) is 0 Å². The summed E-state index contributed by atoms with van der Waals surface area (Å²) >= 11 is 0. The van der Waals surface area contributed by atoms with Crippen LogP contribution < -0.4 is 0 Å². The molecule has 0 aromatic rings. The van der Waals surface area contributed by atoms with Gasteiger partial charge in [0.15, 0.2) is 0 Å². The van der Waals surface area contributed by atoms with Gasteiger partial charge in [-0.05, 0) is 0 Å². The van der Waals surface area contributed by atoms with E-state index < -0.39 is 0 Å². The van der Waals surface area contributed by atoms with E-state index in [9.17, 15) is 9.59 Å². The number of methoxy groups -OCH3 is 2. The first kappa shape index (κ1) is 12.9. The Morgan fingerprint density at radius 1 is 1.21 bits per heavy atom. The monoisotopic (exact) mass is 203 g/mol. The normalized spacial score (nSPS) is 9.64. The quantitative estimate of drug-likeness (QED) is 0.572. The minimum Gasteiger partial charge on any atom is -0.469 e. The second kappa shape index (κ2) is 7.32. The van der Waals surface area contributed by atoms with Crippen LogP contribution in [-0.4, -0.2) is 51.2 Å². The zero-order valence-electron chi connectivity index (χ0n) is 8.91. The molecule has 0 heterocycles. The van der Waals surface area contributed by atoms with Crippen LogP contribution in [0, 0.1) is 0 Å². The van der Waals surface area contributed by atoms with Gasteiger partial charge in [-0.25, -0.2) is 0 Å². The fourth-order valence-corrected chi connectivity index (χ4v) is 0.855. The van der Waals surface area contributed by atoms with E-state index >= 15 is 0 Å². The Bertz CT molecular complexity index is 193. The first-order valence-electron chi connectivity index (χ1n) is 4.41. The predicted octanol–water partition coefficient (Wildman–Crippen LogP) is 0.0444. The van der Waals surface area contributed by atoms with Gasteiger partial charge in [0.2, 0.25) is 5.91 Å². The minimum atomic E-state index is -0.363. The summed E-state index contributed by atoms with van der Waals surface area (Å²) in [4.78, 5) is 23.6. The molecule has 1 amide bonds. The maximum Gasteiger partial charge on any atom is 0.306 e. The number of carbonyl (C=O) groups excluding carboxylic acids is 2. The van der Waals surface area contributed by atoms with Crippen LogP contribution in [0.1, 0.15) is 12.8 Å². The van der Waals surface area contributed by atoms with Crippen molar-refractivity contribution in [1.82, 2.24) is 4.90 Å². The molecule has 5 heteroatoms. The van der Waals surface area contributed by atoms with E-state index in [0.717, 1.165) is 0 Å². The van der Waals surface area contributed by atoms with Gasteiger partial charge in [0, 0.05) is 27.1 Å². The van der Waals surface area contributed by atoms with E-state index in [4.69, 9.17) is 4.74 Å². The molecule has 0 saturated carbocycles. The second-order valence-corrected chi connectivity index (χ2v) is 2.88. The van der Waals surface area contributed by atoms with Crippen LogP contribution in [0.15, 0.2) is 0 Å². The van der Waals surface area contributed by atoms with Gasteiger partial charge in [-0.15, -0.1) is 0 Å². The van der Waals surface area contributed by atoms with E-state index in [1.165, 1.54) is 12.0 Å². The summed E-state index contributed by atoms with van der Waals surface area (Å²) in [6.45, 7) is 1.04. The van der Waals surface area contributed by atoms with Crippen molar-refractivity contribution < 1.29 is 19.1 Å². The van der Waals surface area contributed by atoms with Gasteiger partial charge in [-0.2, -0.15) is 0 Å². The summed E-state index contributed by atoms with van der Waals surface area (Å²) in [5.74, 6) is -0.439. The maximum absolute atomic E-state index is 11.3. The van der Waals surface area contributed by atoms with Gasteiger partial charge >= 0.3 is 5.97 Å². The highest BCUT2D eigenvalue weighted by Crippen LogP contribution is 1.97. The zero-order valence-corrected chi connectivity index (χ0v) is 8.91. The molecule has 0 bridgehead atoms. The number of nitrogens with zero attached hydrogens (tertiary/aromatic N) is 1. The fourth-order valence-electron chi connectivity index (χ4n) is 0.855. The van der Waals surface area contributed by atoms with Gasteiger partial charge in [0.1, 0.15) is 0 Å². The van der Waals surface area contributed by atoms with Crippen LogP contribution in [0.5, 0.6) is 0 Å². The zero-order chi connectivity index (χ0) is 11.0. The number of amides is 1. The molecule has 82 valence electrons. The molecular weight excluding hydrogens is 186 g/mol. The van der Waals surface area contributed by atoms with Crippen molar-refractivity contribution in [2.75, 3.05) is 34.4 Å². The average Bonchev–Trinajstić information content (AvgIpc) is 2.21. The van der Waals surface area contributed by atoms with Gasteiger partial charge in [-0.1, -0.05) is 0 Å². The molecule has 0 aliphatic heterocycles. The molecule has 0 aliphatic rings. The van der Waals surface area contributed by atoms with Crippen molar-refractivity contribution in [3.05, 3.63) is 0 Å². The molecule has 0 aromatic heterocycles. The summed E-state index contributed by atoms with van der Waals surface area (Å²) in [6.07, 6.45) is 0.319. The number of carbonyl (C=O) groups is 2. The Kier molecular flexibility index (Phi) is 6.74. The number of likely N-dealkylation sites (N-methyl/N-ethyl adjacent to an activating group) is 1. The molecule has 0 aromatic carbocycles. The fraction of sp³-hybridized carbons (Fsp3) is 0.778. The third kappa shape index (κ3) is 5.53. The lowest BCUT2D eigenvalue weighted by Gasteiger charge is -2.15. The lowest BCUT2D eigenvalue weighted by Crippen LogP contribution is -2.30. The summed E-state index contributed by atoms with van der Waals surface area (Å²) in [7, 11) is 4.56. The Labute approximate surface area is 84.0 Å². The number of esters is 1. The second-order valence-electron chi connectivity index (χ2n) is 2.88. The van der Waals surface area contributed by atoms with Crippen molar-refractivity contribution in [3.63, 3.8) is 0 Å². The third-order valence-electron chi connectivity index (χ3n) is 1.83. The van der Waals surface area contributed by atoms with Crippen molar-refractivity contribution >= 4 is 11.9 Å². The standard InChI is InChI=1S/C9H17NO4/c1-10(6-7-13-2)8(11)4-5-9(12)14-3/h4-7H2,1-3H3. The molecule has 0 rings (SSSR count). The van der Waals surface area contributed by atoms with Crippen LogP contribution in [0.25, 0.3) is 0 Å². The predicted molar refractivity (Wildman–Crippen MR) is 50.8 cm³/mol. The Morgan fingerprint density at radius 3 is 2.36 bits per heavy atom. The van der Waals surface area contributed by atoms with E-state index in [1.54, 1.807) is 14.2 Å². The number of hydrogen-bond donors (Lipinski definition) is 0. The summed E-state index contributed by atoms with van der Waals surface area (Å²) in [6, 6.07) is 0. The Hall–Kier alpha value is -1.10. The largest absolute Gasteiger partial charge is 0.469 e. The van der Waals surface area contributed by atoms with Crippen molar-refractivity contribution in [2.24, 2.45) is 0 Å². The molecule has 0 atom stereocenters. The smallest absolute Gasteiger partial charge is 0.306 e. The average molecular weight is 203 g/mol. The van der Waals surface area contributed by atoms with Crippen molar-refractivity contribution in [3.8, 4) is 0 Å². The maximum atomic E-state index is 11.3. The van der Waals surface area contributed by atoms with E-state index in [1.807, 2.05) is 0 Å². The summed E-state index contributed by atoms with van der Waals surface area (Å²) in [5, 5.41) is 0. The van der Waals surface area contributed by atoms with Gasteiger partial charge in [0.25, 0.3) is 0 Å². The highest BCUT2D eigenvalue weighted by Gasteiger charge is 2.10. The Balaban J connectivity index is 3.67. The van der Waals surface area contributed by atoms with Crippen LogP contribution in [0.4, 0.5) is 0 Å². The molecule has 0 fully saturated rings. The number of ether oxygens (including phenoxy) is 2. The van der Waals surface area contributed by atoms with Gasteiger partial charge in [-0.3, -0.25) is 9.59 Å². The summed E-state index contributed by atoms with van der Waals surface area (Å²) < 4.78 is 9.25. The van der Waals surface area contributed by atoms with E-state index in [0.29, 0.717) is 13.2 Å². The summed E-state index contributed by atoms with van der Waals surface area (Å²) in [5.41, 5.74) is 0. The molecule has 0 aliphatic carbocycles. The van der Waals surface area contributed by atoms with Gasteiger partial charge in [0.05, 0.1) is 20.1 Å². The van der Waals surface area contributed by atoms with Gasteiger partial charge < -0.3 is 14.4 Å². The lowest BCUT2D eigenvalue weighted by atomic mass is 10.3.